The average molecular weight is 755 g/mol. The second-order valence-corrected chi connectivity index (χ2v) is 16.8. The van der Waals surface area contributed by atoms with Gasteiger partial charge in [-0.25, -0.2) is 0 Å². The highest BCUT2D eigenvalue weighted by Gasteiger charge is 2.23. The van der Waals surface area contributed by atoms with Crippen LogP contribution in [0.2, 0.25) is 0 Å². The van der Waals surface area contributed by atoms with Crippen molar-refractivity contribution in [2.24, 2.45) is 0 Å². The molecule has 10 aromatic carbocycles. The van der Waals surface area contributed by atoms with Crippen LogP contribution in [0.1, 0.15) is 24.0 Å². The van der Waals surface area contributed by atoms with E-state index in [9.17, 15) is 0 Å². The van der Waals surface area contributed by atoms with Crippen molar-refractivity contribution in [3.8, 4) is 11.1 Å². The van der Waals surface area contributed by atoms with Crippen molar-refractivity contribution in [1.29, 1.82) is 0 Å². The van der Waals surface area contributed by atoms with Crippen LogP contribution in [0.3, 0.4) is 0 Å². The van der Waals surface area contributed by atoms with Crippen molar-refractivity contribution in [3.05, 3.63) is 204 Å². The Balaban J connectivity index is 1.05. The number of benzene rings is 10. The Morgan fingerprint density at radius 3 is 1.78 bits per heavy atom. The van der Waals surface area contributed by atoms with Crippen molar-refractivity contribution < 1.29 is 4.42 Å². The first-order valence-corrected chi connectivity index (χ1v) is 21.0. The highest BCUT2D eigenvalue weighted by molar-refractivity contribution is 7.26. The van der Waals surface area contributed by atoms with Crippen molar-refractivity contribution in [2.75, 3.05) is 0 Å². The Kier molecular flexibility index (Phi) is 6.78. The van der Waals surface area contributed by atoms with E-state index in [0.717, 1.165) is 24.0 Å². The van der Waals surface area contributed by atoms with E-state index in [2.05, 4.69) is 182 Å². The molecule has 13 rings (SSSR count). The Morgan fingerprint density at radius 1 is 0.379 bits per heavy atom. The van der Waals surface area contributed by atoms with Crippen LogP contribution in [0.5, 0.6) is 0 Å². The standard InChI is InChI=1S/C56H34OS/c1-2-14-36-33(12-1)13-11-22-41(36)53-42-18-5-7-20-44(42)54(45-21-8-6-19-43(45)53)46-30-29-37(38-15-3-4-16-39(38)46)35-25-28-48-51(32-35)58-50-31-26-34-24-27-47-40-17-9-10-23-49(40)57-56(47)52(34)55(48)50/h1-28,31-32H,29-30H2. The predicted octanol–water partition coefficient (Wildman–Crippen LogP) is 14.4. The molecule has 1 aliphatic carbocycles. The van der Waals surface area contributed by atoms with Gasteiger partial charge in [0.25, 0.3) is 0 Å². The zero-order valence-corrected chi connectivity index (χ0v) is 32.4. The molecule has 270 valence electrons. The molecule has 0 bridgehead atoms. The van der Waals surface area contributed by atoms with Gasteiger partial charge in [0.05, 0.1) is 0 Å². The van der Waals surface area contributed by atoms with E-state index >= 15 is 0 Å². The van der Waals surface area contributed by atoms with Gasteiger partial charge in [-0.3, -0.25) is 0 Å². The molecule has 0 saturated heterocycles. The van der Waals surface area contributed by atoms with Crippen molar-refractivity contribution in [2.45, 2.75) is 12.8 Å². The van der Waals surface area contributed by atoms with Crippen LogP contribution in [0, 0.1) is 0 Å². The van der Waals surface area contributed by atoms with Gasteiger partial charge in [-0.15, -0.1) is 11.3 Å². The number of rotatable bonds is 3. The molecule has 58 heavy (non-hydrogen) atoms. The molecule has 2 heterocycles. The zero-order valence-electron chi connectivity index (χ0n) is 31.6. The highest BCUT2D eigenvalue weighted by Crippen LogP contribution is 2.46. The fraction of sp³-hybridized carbons (Fsp3) is 0.0357. The van der Waals surface area contributed by atoms with E-state index in [4.69, 9.17) is 4.42 Å². The minimum Gasteiger partial charge on any atom is -0.455 e. The number of furan rings is 1. The Morgan fingerprint density at radius 2 is 0.983 bits per heavy atom. The average Bonchev–Trinajstić information content (AvgIpc) is 3.86. The summed E-state index contributed by atoms with van der Waals surface area (Å²) in [6.45, 7) is 0. The molecule has 0 atom stereocenters. The lowest BCUT2D eigenvalue weighted by Gasteiger charge is -2.23. The van der Waals surface area contributed by atoms with Crippen LogP contribution >= 0.6 is 11.3 Å². The zero-order chi connectivity index (χ0) is 37.9. The van der Waals surface area contributed by atoms with Crippen molar-refractivity contribution in [1.82, 2.24) is 0 Å². The fourth-order valence-electron chi connectivity index (χ4n) is 10.3. The van der Waals surface area contributed by atoms with Gasteiger partial charge in [-0.1, -0.05) is 158 Å². The molecule has 0 amide bonds. The van der Waals surface area contributed by atoms with Crippen molar-refractivity contribution in [3.63, 3.8) is 0 Å². The number of thiophene rings is 1. The van der Waals surface area contributed by atoms with Crippen molar-refractivity contribution >= 4 is 108 Å². The summed E-state index contributed by atoms with van der Waals surface area (Å²) < 4.78 is 9.20. The SMILES string of the molecule is c1ccc2c(c1)=C(c1ccc3c(c1)sc1ccc4ccc5c6ccccc6oc5c4c13)CCC=2c1c2ccccc2c(-c2cccc3ccccc23)c2ccccc12. The smallest absolute Gasteiger partial charge is 0.143 e. The van der Waals surface area contributed by atoms with Gasteiger partial charge < -0.3 is 4.42 Å². The van der Waals surface area contributed by atoms with Crippen LogP contribution in [0.25, 0.3) is 107 Å². The van der Waals surface area contributed by atoms with E-state index in [1.165, 1.54) is 118 Å². The molecular formula is C56H34OS. The Hall–Kier alpha value is -7.00. The third kappa shape index (κ3) is 4.52. The van der Waals surface area contributed by atoms with E-state index in [1.54, 1.807) is 0 Å². The number of fused-ring (bicyclic) bond motifs is 13. The van der Waals surface area contributed by atoms with E-state index < -0.39 is 0 Å². The molecule has 0 saturated carbocycles. The van der Waals surface area contributed by atoms with Gasteiger partial charge in [-0.2, -0.15) is 0 Å². The largest absolute Gasteiger partial charge is 0.455 e. The quantitative estimate of drug-likeness (QED) is 0.164. The lowest BCUT2D eigenvalue weighted by atomic mass is 9.80. The molecule has 1 nitrogen and oxygen atoms in total. The summed E-state index contributed by atoms with van der Waals surface area (Å²) in [7, 11) is 0. The fourth-order valence-corrected chi connectivity index (χ4v) is 11.5. The monoisotopic (exact) mass is 754 g/mol. The molecular weight excluding hydrogens is 721 g/mol. The minimum atomic E-state index is 0.939. The topological polar surface area (TPSA) is 13.1 Å². The van der Waals surface area contributed by atoms with Gasteiger partial charge in [0.15, 0.2) is 0 Å². The maximum absolute atomic E-state index is 6.59. The number of hydrogen-bond acceptors (Lipinski definition) is 2. The van der Waals surface area contributed by atoms with Gasteiger partial charge in [0, 0.05) is 36.3 Å². The van der Waals surface area contributed by atoms with Crippen LogP contribution in [-0.4, -0.2) is 0 Å². The van der Waals surface area contributed by atoms with Crippen LogP contribution < -0.4 is 10.4 Å². The van der Waals surface area contributed by atoms with Gasteiger partial charge in [-0.05, 0) is 119 Å². The predicted molar refractivity (Wildman–Crippen MR) is 248 cm³/mol. The summed E-state index contributed by atoms with van der Waals surface area (Å²) in [6, 6.07) is 67.4. The first-order valence-electron chi connectivity index (χ1n) is 20.2. The molecule has 0 N–H and O–H groups in total. The van der Waals surface area contributed by atoms with Gasteiger partial charge >= 0.3 is 0 Å². The van der Waals surface area contributed by atoms with Crippen LogP contribution in [-0.2, 0) is 0 Å². The number of hydrogen-bond donors (Lipinski definition) is 0. The molecule has 2 heteroatoms. The van der Waals surface area contributed by atoms with Gasteiger partial charge in [0.2, 0.25) is 0 Å². The maximum Gasteiger partial charge on any atom is 0.143 e. The van der Waals surface area contributed by atoms with Crippen LogP contribution in [0.4, 0.5) is 0 Å². The first-order chi connectivity index (χ1) is 28.8. The summed E-state index contributed by atoms with van der Waals surface area (Å²) in [5.74, 6) is 0. The third-order valence-electron chi connectivity index (χ3n) is 12.8. The second kappa shape index (κ2) is 12.2. The number of para-hydroxylation sites is 1. The molecule has 0 spiro atoms. The lowest BCUT2D eigenvalue weighted by molar-refractivity contribution is 0.673. The highest BCUT2D eigenvalue weighted by atomic mass is 32.1. The summed E-state index contributed by atoms with van der Waals surface area (Å²) in [4.78, 5) is 0. The minimum absolute atomic E-state index is 0.939. The lowest BCUT2D eigenvalue weighted by Crippen LogP contribution is -2.32. The molecule has 2 aromatic heterocycles. The molecule has 0 radical (unpaired) electrons. The summed E-state index contributed by atoms with van der Waals surface area (Å²) in [5.41, 5.74) is 10.0. The normalized spacial score (nSPS) is 13.3. The second-order valence-electron chi connectivity index (χ2n) is 15.8. The summed E-state index contributed by atoms with van der Waals surface area (Å²) >= 11 is 1.89. The van der Waals surface area contributed by atoms with Crippen LogP contribution in [0.15, 0.2) is 186 Å². The Labute approximate surface area is 338 Å². The summed E-state index contributed by atoms with van der Waals surface area (Å²) in [6.07, 6.45) is 1.94. The van der Waals surface area contributed by atoms with E-state index in [0.29, 0.717) is 0 Å². The first kappa shape index (κ1) is 32.1. The molecule has 0 fully saturated rings. The summed E-state index contributed by atoms with van der Waals surface area (Å²) in [5, 5.41) is 17.8. The van der Waals surface area contributed by atoms with E-state index in [1.807, 2.05) is 11.3 Å². The molecule has 0 aliphatic heterocycles. The molecule has 0 unspecified atom stereocenters. The molecule has 1 aliphatic rings. The third-order valence-corrected chi connectivity index (χ3v) is 13.9. The maximum atomic E-state index is 6.59. The van der Waals surface area contributed by atoms with E-state index in [-0.39, 0.29) is 0 Å². The molecule has 12 aromatic rings. The van der Waals surface area contributed by atoms with Gasteiger partial charge in [0.1, 0.15) is 11.2 Å². The Bertz CT molecular complexity index is 3800.